The van der Waals surface area contributed by atoms with Crippen LogP contribution in [0.1, 0.15) is 69.7 Å². The standard InChI is InChI=1S/C24H36N4O3S2/c1-17(2)18-7-9-19(10-8-18)27-13-11-20(12-14-27)28-23-6-4-3-5-21(23)22(15-26-32)24(28)16-31-33(25,29)30/h3-6,15,17-20,32H,7-14,16H2,1-2H3,(H2,25,29,30)/b26-15-. The minimum Gasteiger partial charge on any atom is -0.339 e. The van der Waals surface area contributed by atoms with Gasteiger partial charge in [-0.1, -0.05) is 32.0 Å². The summed E-state index contributed by atoms with van der Waals surface area (Å²) < 4.78 is 34.3. The molecule has 4 rings (SSSR count). The van der Waals surface area contributed by atoms with Crippen LogP contribution >= 0.6 is 12.8 Å². The van der Waals surface area contributed by atoms with E-state index in [1.165, 1.54) is 25.7 Å². The number of aromatic nitrogens is 1. The van der Waals surface area contributed by atoms with Crippen LogP contribution in [0.5, 0.6) is 0 Å². The summed E-state index contributed by atoms with van der Waals surface area (Å²) in [7, 11) is -4.06. The molecule has 7 nitrogen and oxygen atoms in total. The Hall–Kier alpha value is -1.39. The number of likely N-dealkylation sites (tertiary alicyclic amines) is 1. The number of piperidine rings is 1. The fourth-order valence-electron chi connectivity index (χ4n) is 5.89. The second-order valence-corrected chi connectivity index (χ2v) is 11.3. The van der Waals surface area contributed by atoms with Gasteiger partial charge in [-0.2, -0.15) is 8.42 Å². The molecule has 2 N–H and O–H groups in total. The molecule has 2 heterocycles. The van der Waals surface area contributed by atoms with E-state index in [2.05, 4.69) is 46.6 Å². The first kappa shape index (κ1) is 24.7. The van der Waals surface area contributed by atoms with Crippen molar-refractivity contribution in [3.8, 4) is 0 Å². The molecule has 33 heavy (non-hydrogen) atoms. The molecule has 9 heteroatoms. The van der Waals surface area contributed by atoms with Crippen LogP contribution in [0.2, 0.25) is 0 Å². The summed E-state index contributed by atoms with van der Waals surface area (Å²) in [5.74, 6) is 1.66. The Morgan fingerprint density at radius 1 is 1.12 bits per heavy atom. The van der Waals surface area contributed by atoms with Crippen molar-refractivity contribution in [2.75, 3.05) is 13.1 Å². The van der Waals surface area contributed by atoms with Crippen LogP contribution in [0.15, 0.2) is 28.7 Å². The van der Waals surface area contributed by atoms with Crippen molar-refractivity contribution < 1.29 is 12.6 Å². The van der Waals surface area contributed by atoms with Gasteiger partial charge in [-0.05, 0) is 69.2 Å². The van der Waals surface area contributed by atoms with Gasteiger partial charge in [0.1, 0.15) is 6.61 Å². The molecule has 0 bridgehead atoms. The first-order chi connectivity index (χ1) is 15.8. The molecule has 0 atom stereocenters. The van der Waals surface area contributed by atoms with Gasteiger partial charge in [0.05, 0.1) is 5.69 Å². The Balaban J connectivity index is 1.56. The van der Waals surface area contributed by atoms with Crippen LogP contribution in [0.3, 0.4) is 0 Å². The van der Waals surface area contributed by atoms with Crippen molar-refractivity contribution in [2.45, 2.75) is 71.1 Å². The topological polar surface area (TPSA) is 89.9 Å². The monoisotopic (exact) mass is 492 g/mol. The van der Waals surface area contributed by atoms with Gasteiger partial charge in [0, 0.05) is 47.9 Å². The molecular weight excluding hydrogens is 456 g/mol. The molecule has 1 saturated carbocycles. The van der Waals surface area contributed by atoms with Crippen molar-refractivity contribution in [1.29, 1.82) is 0 Å². The number of para-hydroxylation sites is 1. The molecule has 1 aliphatic heterocycles. The molecule has 0 amide bonds. The second kappa shape index (κ2) is 10.5. The number of thiol groups is 1. The predicted molar refractivity (Wildman–Crippen MR) is 137 cm³/mol. The Bertz CT molecular complexity index is 1080. The fraction of sp³-hybridized carbons (Fsp3) is 0.625. The van der Waals surface area contributed by atoms with Gasteiger partial charge in [0.15, 0.2) is 0 Å². The lowest BCUT2D eigenvalue weighted by Crippen LogP contribution is -2.44. The highest BCUT2D eigenvalue weighted by Gasteiger charge is 2.32. The first-order valence-electron chi connectivity index (χ1n) is 12.0. The van der Waals surface area contributed by atoms with Crippen LogP contribution < -0.4 is 5.14 Å². The fourth-order valence-corrected chi connectivity index (χ4v) is 6.28. The molecule has 1 aliphatic carbocycles. The van der Waals surface area contributed by atoms with Gasteiger partial charge >= 0.3 is 10.3 Å². The third-order valence-electron chi connectivity index (χ3n) is 7.67. The number of nitrogens with zero attached hydrogens (tertiary/aromatic N) is 3. The molecule has 2 aromatic rings. The van der Waals surface area contributed by atoms with E-state index in [9.17, 15) is 8.42 Å². The van der Waals surface area contributed by atoms with E-state index in [0.29, 0.717) is 6.04 Å². The summed E-state index contributed by atoms with van der Waals surface area (Å²) >= 11 is 4.03. The van der Waals surface area contributed by atoms with Gasteiger partial charge < -0.3 is 9.47 Å². The van der Waals surface area contributed by atoms with E-state index in [1.807, 2.05) is 18.2 Å². The maximum absolute atomic E-state index is 11.6. The van der Waals surface area contributed by atoms with Crippen molar-refractivity contribution >= 4 is 40.2 Å². The van der Waals surface area contributed by atoms with Crippen molar-refractivity contribution in [3.05, 3.63) is 35.5 Å². The van der Waals surface area contributed by atoms with E-state index < -0.39 is 10.3 Å². The molecule has 0 unspecified atom stereocenters. The Morgan fingerprint density at radius 2 is 1.79 bits per heavy atom. The van der Waals surface area contributed by atoms with Crippen LogP contribution in [-0.2, 0) is 21.1 Å². The van der Waals surface area contributed by atoms with Gasteiger partial charge in [-0.25, -0.2) is 9.54 Å². The van der Waals surface area contributed by atoms with Crippen LogP contribution in [-0.4, -0.2) is 43.2 Å². The highest BCUT2D eigenvalue weighted by Crippen LogP contribution is 2.37. The molecule has 182 valence electrons. The number of fused-ring (bicyclic) bond motifs is 1. The molecule has 2 aliphatic rings. The molecular formula is C24H36N4O3S2. The van der Waals surface area contributed by atoms with Crippen LogP contribution in [0.4, 0.5) is 0 Å². The Kier molecular flexibility index (Phi) is 7.85. The average Bonchev–Trinajstić information content (AvgIpc) is 3.11. The highest BCUT2D eigenvalue weighted by atomic mass is 32.2. The van der Waals surface area contributed by atoms with Crippen molar-refractivity contribution in [3.63, 3.8) is 0 Å². The van der Waals surface area contributed by atoms with Gasteiger partial charge in [0.25, 0.3) is 0 Å². The average molecular weight is 493 g/mol. The maximum atomic E-state index is 11.6. The zero-order valence-electron chi connectivity index (χ0n) is 19.6. The van der Waals surface area contributed by atoms with Crippen molar-refractivity contribution in [1.82, 2.24) is 9.47 Å². The Morgan fingerprint density at radius 3 is 2.39 bits per heavy atom. The summed E-state index contributed by atoms with van der Waals surface area (Å²) in [6, 6.07) is 9.04. The second-order valence-electron chi connectivity index (χ2n) is 9.83. The number of hydrogen-bond donors (Lipinski definition) is 2. The van der Waals surface area contributed by atoms with E-state index in [1.54, 1.807) is 6.21 Å². The maximum Gasteiger partial charge on any atom is 0.333 e. The summed E-state index contributed by atoms with van der Waals surface area (Å²) in [4.78, 5) is 2.68. The van der Waals surface area contributed by atoms with Crippen molar-refractivity contribution in [2.24, 2.45) is 21.4 Å². The number of nitrogens with two attached hydrogens (primary N) is 1. The molecule has 1 saturated heterocycles. The first-order valence-corrected chi connectivity index (χ1v) is 13.9. The number of benzene rings is 1. The minimum atomic E-state index is -4.06. The summed E-state index contributed by atoms with van der Waals surface area (Å²) in [5.41, 5.74) is 2.67. The SMILES string of the molecule is CC(C)C1CCC(N2CCC(n3c(COS(N)(=O)=O)c(/C=N\S)c4ccccc43)CC2)CC1. The van der Waals surface area contributed by atoms with E-state index in [-0.39, 0.29) is 12.6 Å². The summed E-state index contributed by atoms with van der Waals surface area (Å²) in [6.07, 6.45) is 8.97. The molecule has 1 aromatic carbocycles. The van der Waals surface area contributed by atoms with E-state index in [4.69, 9.17) is 9.32 Å². The summed E-state index contributed by atoms with van der Waals surface area (Å²) in [5, 5.41) is 6.16. The highest BCUT2D eigenvalue weighted by molar-refractivity contribution is 7.84. The van der Waals surface area contributed by atoms with Gasteiger partial charge in [-0.3, -0.25) is 4.18 Å². The molecule has 1 aromatic heterocycles. The Labute approximate surface area is 203 Å². The third kappa shape index (κ3) is 5.65. The quantitative estimate of drug-likeness (QED) is 0.441. The lowest BCUT2D eigenvalue weighted by Gasteiger charge is -2.42. The molecule has 2 fully saturated rings. The van der Waals surface area contributed by atoms with Gasteiger partial charge in [-0.15, -0.1) is 0 Å². The zero-order valence-corrected chi connectivity index (χ0v) is 21.3. The largest absolute Gasteiger partial charge is 0.339 e. The number of hydrogen-bond acceptors (Lipinski definition) is 6. The predicted octanol–water partition coefficient (Wildman–Crippen LogP) is 4.48. The van der Waals surface area contributed by atoms with Crippen LogP contribution in [0.25, 0.3) is 10.9 Å². The smallest absolute Gasteiger partial charge is 0.333 e. The minimum absolute atomic E-state index is 0.123. The van der Waals surface area contributed by atoms with Gasteiger partial charge in [0.2, 0.25) is 0 Å². The summed E-state index contributed by atoms with van der Waals surface area (Å²) in [6.45, 7) is 6.69. The normalized spacial score (nSPS) is 23.8. The molecule has 0 spiro atoms. The number of rotatable bonds is 7. The zero-order chi connectivity index (χ0) is 23.6. The van der Waals surface area contributed by atoms with E-state index >= 15 is 0 Å². The lowest BCUT2D eigenvalue weighted by atomic mass is 9.79. The lowest BCUT2D eigenvalue weighted by molar-refractivity contribution is 0.0884. The molecule has 0 radical (unpaired) electrons. The third-order valence-corrected chi connectivity index (χ3v) is 8.23. The van der Waals surface area contributed by atoms with Crippen LogP contribution in [0, 0.1) is 11.8 Å². The van der Waals surface area contributed by atoms with E-state index in [0.717, 1.165) is 59.9 Å².